The number of nitrogens with zero attached hydrogens (tertiary/aromatic N) is 3. The van der Waals surface area contributed by atoms with Crippen LogP contribution < -0.4 is 0 Å². The van der Waals surface area contributed by atoms with Gasteiger partial charge < -0.3 is 4.42 Å². The second kappa shape index (κ2) is 8.94. The smallest absolute Gasteiger partial charge is 0.289 e. The number of aliphatic imine (C=N–C) groups is 1. The molecule has 2 heterocycles. The highest BCUT2D eigenvalue weighted by atomic mass is 35.5. The van der Waals surface area contributed by atoms with Gasteiger partial charge in [0.05, 0.1) is 21.7 Å². The van der Waals surface area contributed by atoms with Gasteiger partial charge in [0.1, 0.15) is 27.6 Å². The largest absolute Gasteiger partial charge is 0.455 e. The van der Waals surface area contributed by atoms with Crippen LogP contribution in [0.25, 0.3) is 11.3 Å². The van der Waals surface area contributed by atoms with E-state index in [1.165, 1.54) is 17.0 Å². The molecule has 1 aliphatic carbocycles. The summed E-state index contributed by atoms with van der Waals surface area (Å²) in [5.41, 5.74) is 2.19. The highest BCUT2D eigenvalue weighted by molar-refractivity contribution is 7.16. The zero-order valence-corrected chi connectivity index (χ0v) is 20.6. The maximum atomic E-state index is 11.0. The molecule has 0 fully saturated rings. The molecule has 0 saturated carbocycles. The number of rotatable bonds is 4. The normalized spacial score (nSPS) is 16.1. The molecule has 170 valence electrons. The second-order valence-electron chi connectivity index (χ2n) is 9.10. The Morgan fingerprint density at radius 1 is 1.30 bits per heavy atom. The third-order valence-corrected chi connectivity index (χ3v) is 7.80. The summed E-state index contributed by atoms with van der Waals surface area (Å²) < 4.78 is 5.82. The van der Waals surface area contributed by atoms with Crippen LogP contribution in [0.4, 0.5) is 10.7 Å². The predicted molar refractivity (Wildman–Crippen MR) is 132 cm³/mol. The van der Waals surface area contributed by atoms with Crippen LogP contribution in [0.5, 0.6) is 0 Å². The quantitative estimate of drug-likeness (QED) is 0.205. The monoisotopic (exact) mass is 501 g/mol. The van der Waals surface area contributed by atoms with Crippen molar-refractivity contribution in [2.24, 2.45) is 16.3 Å². The third-order valence-electron chi connectivity index (χ3n) is 6.02. The van der Waals surface area contributed by atoms with Crippen molar-refractivity contribution in [1.29, 1.82) is 5.26 Å². The van der Waals surface area contributed by atoms with Crippen LogP contribution in [0.1, 0.15) is 49.0 Å². The second-order valence-corrected chi connectivity index (χ2v) is 11.0. The summed E-state index contributed by atoms with van der Waals surface area (Å²) in [6, 6.07) is 8.37. The molecule has 0 N–H and O–H groups in total. The zero-order chi connectivity index (χ0) is 23.9. The van der Waals surface area contributed by atoms with E-state index in [-0.39, 0.29) is 21.1 Å². The average Bonchev–Trinajstić information content (AvgIpc) is 3.36. The maximum Gasteiger partial charge on any atom is 0.289 e. The Labute approximate surface area is 205 Å². The molecule has 6 nitrogen and oxygen atoms in total. The van der Waals surface area contributed by atoms with E-state index in [1.807, 2.05) is 0 Å². The van der Waals surface area contributed by atoms with Crippen LogP contribution in [-0.4, -0.2) is 11.1 Å². The first-order chi connectivity index (χ1) is 15.6. The van der Waals surface area contributed by atoms with Crippen LogP contribution in [0.15, 0.2) is 33.7 Å². The molecule has 3 aromatic rings. The van der Waals surface area contributed by atoms with Gasteiger partial charge in [0, 0.05) is 16.5 Å². The van der Waals surface area contributed by atoms with Crippen LogP contribution >= 0.6 is 34.5 Å². The Balaban J connectivity index is 1.60. The van der Waals surface area contributed by atoms with Gasteiger partial charge in [0.15, 0.2) is 0 Å². The van der Waals surface area contributed by atoms with Crippen molar-refractivity contribution in [3.63, 3.8) is 0 Å². The van der Waals surface area contributed by atoms with Crippen LogP contribution in [0.3, 0.4) is 0 Å². The van der Waals surface area contributed by atoms with Crippen LogP contribution in [-0.2, 0) is 12.8 Å². The van der Waals surface area contributed by atoms with Gasteiger partial charge in [-0.3, -0.25) is 10.1 Å². The first kappa shape index (κ1) is 23.5. The minimum absolute atomic E-state index is 0.0255. The number of halogens is 2. The molecule has 0 saturated heterocycles. The lowest BCUT2D eigenvalue weighted by atomic mass is 9.72. The summed E-state index contributed by atoms with van der Waals surface area (Å²) >= 11 is 13.8. The van der Waals surface area contributed by atoms with Gasteiger partial charge in [-0.1, -0.05) is 44.0 Å². The van der Waals surface area contributed by atoms with E-state index >= 15 is 0 Å². The molecule has 0 radical (unpaired) electrons. The van der Waals surface area contributed by atoms with Crippen molar-refractivity contribution < 1.29 is 9.34 Å². The minimum atomic E-state index is -0.588. The molecular weight excluding hydrogens is 481 g/mol. The van der Waals surface area contributed by atoms with Crippen molar-refractivity contribution in [1.82, 2.24) is 0 Å². The summed E-state index contributed by atoms with van der Waals surface area (Å²) in [6.07, 6.45) is 4.52. The van der Waals surface area contributed by atoms with Gasteiger partial charge in [-0.2, -0.15) is 5.26 Å². The van der Waals surface area contributed by atoms with Gasteiger partial charge in [0.2, 0.25) is 0 Å². The molecule has 1 aromatic carbocycles. The van der Waals surface area contributed by atoms with E-state index in [4.69, 9.17) is 27.6 Å². The Hall–Kier alpha value is -2.66. The van der Waals surface area contributed by atoms with E-state index in [0.717, 1.165) is 24.8 Å². The zero-order valence-electron chi connectivity index (χ0n) is 18.3. The Kier molecular flexibility index (Phi) is 6.37. The van der Waals surface area contributed by atoms with Crippen molar-refractivity contribution in [2.75, 3.05) is 0 Å². The van der Waals surface area contributed by atoms with E-state index in [9.17, 15) is 15.4 Å². The fraction of sp³-hybridized carbons (Fsp3) is 0.333. The topological polar surface area (TPSA) is 92.4 Å². The highest BCUT2D eigenvalue weighted by Gasteiger charge is 2.32. The SMILES string of the molecule is CC(C)(C)[C@H]1CCc2c(sc(N=Cc3ccc(-c4cc(Cl)c([N+](=O)[O-])cc4Cl)o3)c2C#N)C1. The number of thiophene rings is 1. The molecule has 9 heteroatoms. The first-order valence-corrected chi connectivity index (χ1v) is 12.0. The van der Waals surface area contributed by atoms with Crippen molar-refractivity contribution >= 4 is 51.4 Å². The van der Waals surface area contributed by atoms with Gasteiger partial charge in [-0.15, -0.1) is 11.3 Å². The fourth-order valence-corrected chi connectivity index (χ4v) is 5.78. The number of furan rings is 1. The molecule has 4 rings (SSSR count). The summed E-state index contributed by atoms with van der Waals surface area (Å²) in [6.45, 7) is 6.79. The summed E-state index contributed by atoms with van der Waals surface area (Å²) in [5.74, 6) is 1.47. The number of benzene rings is 1. The first-order valence-electron chi connectivity index (χ1n) is 10.4. The Morgan fingerprint density at radius 3 is 2.73 bits per heavy atom. The predicted octanol–water partition coefficient (Wildman–Crippen LogP) is 8.00. The van der Waals surface area contributed by atoms with Crippen molar-refractivity contribution in [2.45, 2.75) is 40.0 Å². The molecule has 0 bridgehead atoms. The molecule has 0 unspecified atom stereocenters. The van der Waals surface area contributed by atoms with Gasteiger partial charge in [-0.05, 0) is 54.4 Å². The molecule has 0 aliphatic heterocycles. The van der Waals surface area contributed by atoms with Crippen LogP contribution in [0, 0.1) is 32.8 Å². The number of hydrogen-bond donors (Lipinski definition) is 0. The number of nitriles is 1. The lowest BCUT2D eigenvalue weighted by Crippen LogP contribution is -2.26. The van der Waals surface area contributed by atoms with E-state index in [1.54, 1.807) is 29.7 Å². The van der Waals surface area contributed by atoms with Gasteiger partial charge in [-0.25, -0.2) is 4.99 Å². The average molecular weight is 502 g/mol. The van der Waals surface area contributed by atoms with E-state index in [2.05, 4.69) is 31.8 Å². The molecule has 1 atom stereocenters. The summed E-state index contributed by atoms with van der Waals surface area (Å²) in [7, 11) is 0. The standard InChI is InChI=1S/C24H21Cl2N3O3S/c1-24(2,3)13-4-6-15-17(11-27)23(33-22(15)8-13)28-12-14-5-7-21(32-14)16-9-19(26)20(29(30)31)10-18(16)25/h5,7,9-10,12-13H,4,6,8H2,1-3H3/t13-/m0/s1. The Bertz CT molecular complexity index is 1310. The number of nitro groups is 1. The molecule has 2 aromatic heterocycles. The lowest BCUT2D eigenvalue weighted by Gasteiger charge is -2.33. The summed E-state index contributed by atoms with van der Waals surface area (Å²) in [4.78, 5) is 16.2. The number of nitro benzene ring substituents is 1. The molecule has 1 aliphatic rings. The highest BCUT2D eigenvalue weighted by Crippen LogP contribution is 2.45. The summed E-state index contributed by atoms with van der Waals surface area (Å²) in [5, 5.41) is 21.6. The minimum Gasteiger partial charge on any atom is -0.455 e. The Morgan fingerprint density at radius 2 is 2.06 bits per heavy atom. The maximum absolute atomic E-state index is 11.0. The lowest BCUT2D eigenvalue weighted by molar-refractivity contribution is -0.384. The molecule has 0 spiro atoms. The number of fused-ring (bicyclic) bond motifs is 1. The van der Waals surface area contributed by atoms with E-state index < -0.39 is 4.92 Å². The molecule has 0 amide bonds. The van der Waals surface area contributed by atoms with Crippen molar-refractivity contribution in [3.05, 3.63) is 66.2 Å². The van der Waals surface area contributed by atoms with E-state index in [0.29, 0.717) is 33.6 Å². The molecular formula is C24H21Cl2N3O3S. The third kappa shape index (κ3) is 4.70. The van der Waals surface area contributed by atoms with Gasteiger partial charge >= 0.3 is 0 Å². The fourth-order valence-electron chi connectivity index (χ4n) is 4.07. The van der Waals surface area contributed by atoms with Crippen LogP contribution in [0.2, 0.25) is 10.0 Å². The number of hydrogen-bond acceptors (Lipinski definition) is 6. The van der Waals surface area contributed by atoms with Gasteiger partial charge in [0.25, 0.3) is 5.69 Å². The van der Waals surface area contributed by atoms with Crippen molar-refractivity contribution in [3.8, 4) is 17.4 Å². The molecule has 33 heavy (non-hydrogen) atoms.